The summed E-state index contributed by atoms with van der Waals surface area (Å²) in [7, 11) is 0. The van der Waals surface area contributed by atoms with Crippen LogP contribution >= 0.6 is 0 Å². The quantitative estimate of drug-likeness (QED) is 0.743. The topological polar surface area (TPSA) is 74.0 Å². The highest BCUT2D eigenvalue weighted by Gasteiger charge is 2.17. The van der Waals surface area contributed by atoms with Crippen molar-refractivity contribution in [2.45, 2.75) is 19.5 Å². The van der Waals surface area contributed by atoms with E-state index < -0.39 is 0 Å². The van der Waals surface area contributed by atoms with Gasteiger partial charge in [0.25, 0.3) is 0 Å². The molecule has 0 radical (unpaired) electrons. The van der Waals surface area contributed by atoms with Gasteiger partial charge in [-0.05, 0) is 13.0 Å². The number of aryl methyl sites for hydroxylation is 1. The molecule has 1 unspecified atom stereocenters. The molecule has 18 heavy (non-hydrogen) atoms. The molecule has 3 aromatic heterocycles. The fourth-order valence-electron chi connectivity index (χ4n) is 2.12. The zero-order valence-corrected chi connectivity index (χ0v) is 10.1. The van der Waals surface area contributed by atoms with Gasteiger partial charge in [-0.1, -0.05) is 0 Å². The minimum absolute atomic E-state index is 0.242. The molecule has 0 spiro atoms. The number of hydrogen-bond donors (Lipinski definition) is 1. The average molecular weight is 242 g/mol. The van der Waals surface area contributed by atoms with E-state index in [9.17, 15) is 0 Å². The van der Waals surface area contributed by atoms with Crippen molar-refractivity contribution >= 4 is 5.52 Å². The van der Waals surface area contributed by atoms with E-state index in [0.29, 0.717) is 0 Å². The molecule has 0 amide bonds. The molecular weight excluding hydrogens is 228 g/mol. The number of nitrogens with zero attached hydrogens (tertiary/aromatic N) is 5. The minimum atomic E-state index is -0.242. The van der Waals surface area contributed by atoms with E-state index in [1.807, 2.05) is 23.9 Å². The molecule has 6 heteroatoms. The zero-order chi connectivity index (χ0) is 12.5. The second kappa shape index (κ2) is 4.23. The Morgan fingerprint density at radius 3 is 3.00 bits per heavy atom. The van der Waals surface area contributed by atoms with Crippen molar-refractivity contribution < 1.29 is 0 Å². The molecule has 0 saturated heterocycles. The van der Waals surface area contributed by atoms with E-state index in [1.165, 1.54) is 0 Å². The number of rotatable bonds is 3. The predicted octanol–water partition coefficient (Wildman–Crippen LogP) is 0.994. The Hall–Kier alpha value is -2.21. The lowest BCUT2D eigenvalue weighted by atomic mass is 10.1. The Kier molecular flexibility index (Phi) is 2.56. The van der Waals surface area contributed by atoms with Crippen LogP contribution < -0.4 is 5.73 Å². The van der Waals surface area contributed by atoms with Crippen molar-refractivity contribution in [1.82, 2.24) is 24.4 Å². The van der Waals surface area contributed by atoms with Gasteiger partial charge in [0.1, 0.15) is 0 Å². The minimum Gasteiger partial charge on any atom is -0.319 e. The third kappa shape index (κ3) is 1.58. The lowest BCUT2D eigenvalue weighted by Crippen LogP contribution is -2.17. The summed E-state index contributed by atoms with van der Waals surface area (Å²) in [6, 6.07) is 1.70. The lowest BCUT2D eigenvalue weighted by Gasteiger charge is -2.12. The third-order valence-electron chi connectivity index (χ3n) is 3.06. The smallest absolute Gasteiger partial charge is 0.0896 e. The van der Waals surface area contributed by atoms with Gasteiger partial charge in [0.15, 0.2) is 0 Å². The van der Waals surface area contributed by atoms with Crippen LogP contribution in [0.2, 0.25) is 0 Å². The van der Waals surface area contributed by atoms with Crippen LogP contribution in [-0.4, -0.2) is 24.4 Å². The number of fused-ring (bicyclic) bond motifs is 1. The van der Waals surface area contributed by atoms with E-state index in [1.54, 1.807) is 29.3 Å². The van der Waals surface area contributed by atoms with Crippen LogP contribution in [0.1, 0.15) is 24.2 Å². The molecule has 0 aliphatic rings. The summed E-state index contributed by atoms with van der Waals surface area (Å²) in [4.78, 5) is 4.11. The maximum atomic E-state index is 6.31. The molecule has 1 atom stereocenters. The molecule has 3 aromatic rings. The van der Waals surface area contributed by atoms with Crippen molar-refractivity contribution in [2.24, 2.45) is 5.73 Å². The summed E-state index contributed by atoms with van der Waals surface area (Å²) < 4.78 is 3.67. The molecule has 3 rings (SSSR count). The highest BCUT2D eigenvalue weighted by atomic mass is 15.3. The largest absolute Gasteiger partial charge is 0.319 e. The summed E-state index contributed by atoms with van der Waals surface area (Å²) in [5.74, 6) is 0. The Labute approximate surface area is 104 Å². The summed E-state index contributed by atoms with van der Waals surface area (Å²) in [6.07, 6.45) is 8.83. The van der Waals surface area contributed by atoms with Crippen molar-refractivity contribution in [3.05, 3.63) is 48.3 Å². The van der Waals surface area contributed by atoms with Crippen molar-refractivity contribution in [2.75, 3.05) is 0 Å². The molecule has 92 valence electrons. The summed E-state index contributed by atoms with van der Waals surface area (Å²) in [5, 5.41) is 8.51. The first-order chi connectivity index (χ1) is 8.81. The van der Waals surface area contributed by atoms with Gasteiger partial charge in [0.05, 0.1) is 29.6 Å². The third-order valence-corrected chi connectivity index (χ3v) is 3.06. The molecular formula is C12H14N6. The van der Waals surface area contributed by atoms with Crippen LogP contribution in [-0.2, 0) is 6.54 Å². The molecule has 3 heterocycles. The molecule has 0 fully saturated rings. The summed E-state index contributed by atoms with van der Waals surface area (Å²) >= 11 is 0. The first-order valence-electron chi connectivity index (χ1n) is 5.85. The normalized spacial score (nSPS) is 13.0. The van der Waals surface area contributed by atoms with Gasteiger partial charge in [-0.3, -0.25) is 9.67 Å². The number of hydrogen-bond acceptors (Lipinski definition) is 4. The maximum absolute atomic E-state index is 6.31. The summed E-state index contributed by atoms with van der Waals surface area (Å²) in [5.41, 5.74) is 9.17. The highest BCUT2D eigenvalue weighted by Crippen LogP contribution is 2.22. The SMILES string of the molecule is CCn1nccc1C(N)c1cnn2ccncc12. The standard InChI is InChI=1S/C12H14N6/c1-2-17-10(3-4-15-17)12(13)9-7-16-18-6-5-14-8-11(9)18/h3-8,12H,2,13H2,1H3. The summed E-state index contributed by atoms with van der Waals surface area (Å²) in [6.45, 7) is 2.84. The Morgan fingerprint density at radius 2 is 2.17 bits per heavy atom. The van der Waals surface area contributed by atoms with Crippen molar-refractivity contribution in [1.29, 1.82) is 0 Å². The Bertz CT molecular complexity index is 668. The van der Waals surface area contributed by atoms with Gasteiger partial charge in [-0.15, -0.1) is 0 Å². The molecule has 0 bridgehead atoms. The molecule has 0 aliphatic carbocycles. The van der Waals surface area contributed by atoms with Crippen LogP contribution in [0.15, 0.2) is 37.1 Å². The van der Waals surface area contributed by atoms with Gasteiger partial charge in [0, 0.05) is 30.7 Å². The molecule has 0 saturated carbocycles. The second-order valence-corrected chi connectivity index (χ2v) is 4.06. The fourth-order valence-corrected chi connectivity index (χ4v) is 2.12. The van der Waals surface area contributed by atoms with E-state index in [-0.39, 0.29) is 6.04 Å². The maximum Gasteiger partial charge on any atom is 0.0896 e. The lowest BCUT2D eigenvalue weighted by molar-refractivity contribution is 0.602. The first-order valence-corrected chi connectivity index (χ1v) is 5.85. The van der Waals surface area contributed by atoms with Gasteiger partial charge in [0.2, 0.25) is 0 Å². The molecule has 6 nitrogen and oxygen atoms in total. The molecule has 0 aliphatic heterocycles. The van der Waals surface area contributed by atoms with Gasteiger partial charge < -0.3 is 5.73 Å². The average Bonchev–Trinajstić information content (AvgIpc) is 3.04. The van der Waals surface area contributed by atoms with E-state index >= 15 is 0 Å². The van der Waals surface area contributed by atoms with Crippen molar-refractivity contribution in [3.63, 3.8) is 0 Å². The second-order valence-electron chi connectivity index (χ2n) is 4.06. The van der Waals surface area contributed by atoms with Gasteiger partial charge >= 0.3 is 0 Å². The number of nitrogens with two attached hydrogens (primary N) is 1. The highest BCUT2D eigenvalue weighted by molar-refractivity contribution is 5.54. The van der Waals surface area contributed by atoms with Crippen LogP contribution in [0.25, 0.3) is 5.52 Å². The van der Waals surface area contributed by atoms with Crippen LogP contribution in [0, 0.1) is 0 Å². The van der Waals surface area contributed by atoms with Crippen LogP contribution in [0.5, 0.6) is 0 Å². The predicted molar refractivity (Wildman–Crippen MR) is 66.9 cm³/mol. The fraction of sp³-hybridized carbons (Fsp3) is 0.250. The van der Waals surface area contributed by atoms with E-state index in [4.69, 9.17) is 5.73 Å². The van der Waals surface area contributed by atoms with Crippen LogP contribution in [0.3, 0.4) is 0 Å². The monoisotopic (exact) mass is 242 g/mol. The molecule has 0 aromatic carbocycles. The Morgan fingerprint density at radius 1 is 1.28 bits per heavy atom. The van der Waals surface area contributed by atoms with Crippen molar-refractivity contribution in [3.8, 4) is 0 Å². The number of aromatic nitrogens is 5. The van der Waals surface area contributed by atoms with Gasteiger partial charge in [-0.2, -0.15) is 10.2 Å². The Balaban J connectivity index is 2.09. The van der Waals surface area contributed by atoms with E-state index in [2.05, 4.69) is 15.2 Å². The van der Waals surface area contributed by atoms with Crippen LogP contribution in [0.4, 0.5) is 0 Å². The zero-order valence-electron chi connectivity index (χ0n) is 10.1. The van der Waals surface area contributed by atoms with E-state index in [0.717, 1.165) is 23.3 Å². The first kappa shape index (κ1) is 10.9. The van der Waals surface area contributed by atoms with Gasteiger partial charge in [-0.25, -0.2) is 4.52 Å². The molecule has 2 N–H and O–H groups in total.